The molecule has 3 rings (SSSR count). The van der Waals surface area contributed by atoms with Crippen molar-refractivity contribution in [1.29, 1.82) is 0 Å². The first-order chi connectivity index (χ1) is 10.7. The molecule has 1 N–H and O–H groups in total. The minimum absolute atomic E-state index is 0.0921. The number of aromatic nitrogens is 2. The lowest BCUT2D eigenvalue weighted by Crippen LogP contribution is -2.31. The summed E-state index contributed by atoms with van der Waals surface area (Å²) in [5.74, 6) is 0. The molecule has 1 aromatic heterocycles. The normalized spacial score (nSPS) is 15.0. The first kappa shape index (κ1) is 15.3. The Balaban J connectivity index is 1.72. The summed E-state index contributed by atoms with van der Waals surface area (Å²) < 4.78 is 6.69. The molecule has 1 aliphatic heterocycles. The van der Waals surface area contributed by atoms with Gasteiger partial charge in [-0.3, -0.25) is 19.5 Å². The Labute approximate surface area is 134 Å². The Hall–Kier alpha value is -1.56. The fraction of sp³-hybridized carbons (Fsp3) is 0.438. The van der Waals surface area contributed by atoms with Gasteiger partial charge in [0.05, 0.1) is 18.8 Å². The number of methoxy groups -OCH3 is 1. The van der Waals surface area contributed by atoms with Crippen LogP contribution in [0.1, 0.15) is 16.8 Å². The van der Waals surface area contributed by atoms with E-state index in [1.54, 1.807) is 11.8 Å². The molecule has 1 aromatic carbocycles. The van der Waals surface area contributed by atoms with Crippen LogP contribution in [0.5, 0.6) is 0 Å². The van der Waals surface area contributed by atoms with E-state index in [0.717, 1.165) is 42.3 Å². The number of fused-ring (bicyclic) bond motifs is 1. The van der Waals surface area contributed by atoms with Gasteiger partial charge in [0, 0.05) is 37.3 Å². The number of nitrogens with one attached hydrogen (secondary N) is 1. The van der Waals surface area contributed by atoms with Crippen LogP contribution in [-0.4, -0.2) is 34.9 Å². The molecule has 1 aliphatic rings. The van der Waals surface area contributed by atoms with E-state index < -0.39 is 0 Å². The molecule has 0 spiro atoms. The van der Waals surface area contributed by atoms with Gasteiger partial charge in [0.2, 0.25) is 0 Å². The molecule has 0 saturated carbocycles. The highest BCUT2D eigenvalue weighted by Gasteiger charge is 2.22. The van der Waals surface area contributed by atoms with E-state index in [1.807, 2.05) is 18.2 Å². The summed E-state index contributed by atoms with van der Waals surface area (Å²) in [6.45, 7) is 3.58. The van der Waals surface area contributed by atoms with E-state index in [4.69, 9.17) is 16.3 Å². The fourth-order valence-electron chi connectivity index (χ4n) is 2.90. The van der Waals surface area contributed by atoms with E-state index in [2.05, 4.69) is 16.1 Å². The van der Waals surface area contributed by atoms with Gasteiger partial charge < -0.3 is 4.74 Å². The Morgan fingerprint density at radius 1 is 1.41 bits per heavy atom. The number of hydrogen-bond donors (Lipinski definition) is 1. The minimum atomic E-state index is 0.0921. The fourth-order valence-corrected chi connectivity index (χ4v) is 3.12. The molecular weight excluding hydrogens is 302 g/mol. The standard InChI is InChI=1S/C16H20ClN3O2/c1-22-8-7-20-16(21)14-5-6-19(11-15(14)18-20)10-12-3-2-4-13(17)9-12/h2-4,9,18H,5-8,10-11H2,1H3. The number of rotatable bonds is 5. The van der Waals surface area contributed by atoms with Crippen LogP contribution in [0, 0.1) is 0 Å². The van der Waals surface area contributed by atoms with E-state index in [1.165, 1.54) is 5.56 Å². The maximum absolute atomic E-state index is 12.3. The molecule has 6 heteroatoms. The zero-order chi connectivity index (χ0) is 15.5. The van der Waals surface area contributed by atoms with E-state index in [0.29, 0.717) is 13.2 Å². The molecule has 0 atom stereocenters. The van der Waals surface area contributed by atoms with Crippen molar-refractivity contribution in [2.24, 2.45) is 0 Å². The Kier molecular flexibility index (Phi) is 4.66. The van der Waals surface area contributed by atoms with Crippen molar-refractivity contribution in [2.45, 2.75) is 26.1 Å². The molecule has 22 heavy (non-hydrogen) atoms. The molecule has 0 fully saturated rings. The number of ether oxygens (including phenoxy) is 1. The number of H-pyrrole nitrogens is 1. The maximum Gasteiger partial charge on any atom is 0.270 e. The van der Waals surface area contributed by atoms with Crippen LogP contribution in [0.3, 0.4) is 0 Å². The average Bonchev–Trinajstić information content (AvgIpc) is 2.81. The number of nitrogens with zero attached hydrogens (tertiary/aromatic N) is 2. The zero-order valence-corrected chi connectivity index (χ0v) is 13.4. The van der Waals surface area contributed by atoms with Crippen LogP contribution in [0.4, 0.5) is 0 Å². The molecule has 2 heterocycles. The molecule has 5 nitrogen and oxygen atoms in total. The minimum Gasteiger partial charge on any atom is -0.383 e. The summed E-state index contributed by atoms with van der Waals surface area (Å²) in [6.07, 6.45) is 0.783. The second-order valence-electron chi connectivity index (χ2n) is 5.61. The van der Waals surface area contributed by atoms with E-state index in [9.17, 15) is 4.79 Å². The van der Waals surface area contributed by atoms with Gasteiger partial charge in [-0.25, -0.2) is 0 Å². The summed E-state index contributed by atoms with van der Waals surface area (Å²) in [5, 5.41) is 3.98. The quantitative estimate of drug-likeness (QED) is 0.917. The third kappa shape index (κ3) is 3.27. The smallest absolute Gasteiger partial charge is 0.270 e. The highest BCUT2D eigenvalue weighted by molar-refractivity contribution is 6.30. The van der Waals surface area contributed by atoms with Crippen LogP contribution < -0.4 is 5.56 Å². The second-order valence-corrected chi connectivity index (χ2v) is 6.05. The Morgan fingerprint density at radius 2 is 2.27 bits per heavy atom. The Bertz CT molecular complexity index is 708. The lowest BCUT2D eigenvalue weighted by atomic mass is 10.1. The molecule has 0 saturated heterocycles. The first-order valence-corrected chi connectivity index (χ1v) is 7.81. The van der Waals surface area contributed by atoms with Crippen LogP contribution in [0.25, 0.3) is 0 Å². The summed E-state index contributed by atoms with van der Waals surface area (Å²) in [4.78, 5) is 14.6. The van der Waals surface area contributed by atoms with Crippen molar-refractivity contribution in [3.05, 3.63) is 56.5 Å². The number of benzene rings is 1. The third-order valence-electron chi connectivity index (χ3n) is 4.01. The van der Waals surface area contributed by atoms with Crippen LogP contribution in [0.15, 0.2) is 29.1 Å². The predicted molar refractivity (Wildman–Crippen MR) is 86.2 cm³/mol. The van der Waals surface area contributed by atoms with Crippen molar-refractivity contribution in [2.75, 3.05) is 20.3 Å². The largest absolute Gasteiger partial charge is 0.383 e. The third-order valence-corrected chi connectivity index (χ3v) is 4.25. The van der Waals surface area contributed by atoms with Crippen LogP contribution in [-0.2, 0) is 30.8 Å². The molecular formula is C16H20ClN3O2. The molecule has 0 amide bonds. The zero-order valence-electron chi connectivity index (χ0n) is 12.6. The van der Waals surface area contributed by atoms with Crippen molar-refractivity contribution in [3.8, 4) is 0 Å². The summed E-state index contributed by atoms with van der Waals surface area (Å²) in [7, 11) is 1.64. The Morgan fingerprint density at radius 3 is 3.05 bits per heavy atom. The van der Waals surface area contributed by atoms with Crippen molar-refractivity contribution in [1.82, 2.24) is 14.7 Å². The lowest BCUT2D eigenvalue weighted by Gasteiger charge is -2.26. The molecule has 0 aliphatic carbocycles. The molecule has 118 valence electrons. The predicted octanol–water partition coefficient (Wildman–Crippen LogP) is 2.03. The molecule has 0 unspecified atom stereocenters. The summed E-state index contributed by atoms with van der Waals surface area (Å²) in [5.41, 5.74) is 3.22. The number of aromatic amines is 1. The first-order valence-electron chi connectivity index (χ1n) is 7.43. The topological polar surface area (TPSA) is 50.3 Å². The molecule has 2 aromatic rings. The van der Waals surface area contributed by atoms with Gasteiger partial charge in [-0.2, -0.15) is 0 Å². The van der Waals surface area contributed by atoms with E-state index >= 15 is 0 Å². The highest BCUT2D eigenvalue weighted by Crippen LogP contribution is 2.18. The molecule has 0 radical (unpaired) electrons. The monoisotopic (exact) mass is 321 g/mol. The van der Waals surface area contributed by atoms with Gasteiger partial charge in [-0.05, 0) is 24.1 Å². The van der Waals surface area contributed by atoms with Gasteiger partial charge in [0.15, 0.2) is 0 Å². The van der Waals surface area contributed by atoms with Gasteiger partial charge in [-0.1, -0.05) is 23.7 Å². The maximum atomic E-state index is 12.3. The number of halogens is 1. The lowest BCUT2D eigenvalue weighted by molar-refractivity contribution is 0.182. The average molecular weight is 322 g/mol. The van der Waals surface area contributed by atoms with Gasteiger partial charge in [0.1, 0.15) is 0 Å². The van der Waals surface area contributed by atoms with Gasteiger partial charge in [-0.15, -0.1) is 0 Å². The SMILES string of the molecule is COCCn1[nH]c2c(c1=O)CCN(Cc1cccc(Cl)c1)C2. The van der Waals surface area contributed by atoms with Crippen molar-refractivity contribution >= 4 is 11.6 Å². The van der Waals surface area contributed by atoms with Crippen molar-refractivity contribution in [3.63, 3.8) is 0 Å². The number of hydrogen-bond acceptors (Lipinski definition) is 3. The van der Waals surface area contributed by atoms with Gasteiger partial charge in [0.25, 0.3) is 5.56 Å². The summed E-state index contributed by atoms with van der Waals surface area (Å²) >= 11 is 6.04. The van der Waals surface area contributed by atoms with Crippen LogP contribution in [0.2, 0.25) is 5.02 Å². The van der Waals surface area contributed by atoms with Crippen LogP contribution >= 0.6 is 11.6 Å². The van der Waals surface area contributed by atoms with E-state index in [-0.39, 0.29) is 5.56 Å². The highest BCUT2D eigenvalue weighted by atomic mass is 35.5. The van der Waals surface area contributed by atoms with Gasteiger partial charge >= 0.3 is 0 Å². The molecule has 0 bridgehead atoms. The summed E-state index contributed by atoms with van der Waals surface area (Å²) in [6, 6.07) is 7.92. The second kappa shape index (κ2) is 6.69. The van der Waals surface area contributed by atoms with Crippen molar-refractivity contribution < 1.29 is 4.74 Å².